The van der Waals surface area contributed by atoms with E-state index in [0.29, 0.717) is 22.7 Å². The van der Waals surface area contributed by atoms with Crippen molar-refractivity contribution in [3.05, 3.63) is 65.1 Å². The predicted octanol–water partition coefficient (Wildman–Crippen LogP) is 4.23. The summed E-state index contributed by atoms with van der Waals surface area (Å²) >= 11 is 6.39. The lowest BCUT2D eigenvalue weighted by Crippen LogP contribution is -2.35. The number of hydrogen-bond acceptors (Lipinski definition) is 8. The Balaban J connectivity index is 1.33. The third kappa shape index (κ3) is 5.50. The second kappa shape index (κ2) is 11.5. The van der Waals surface area contributed by atoms with E-state index in [0.717, 1.165) is 43.9 Å². The minimum atomic E-state index is -0.419. The Morgan fingerprint density at radius 3 is 2.62 bits per heavy atom. The van der Waals surface area contributed by atoms with E-state index in [2.05, 4.69) is 37.1 Å². The van der Waals surface area contributed by atoms with Crippen LogP contribution in [0, 0.1) is 5.82 Å². The third-order valence-electron chi connectivity index (χ3n) is 7.05. The highest BCUT2D eigenvalue weighted by Crippen LogP contribution is 2.33. The first-order chi connectivity index (χ1) is 18.9. The van der Waals surface area contributed by atoms with Crippen LogP contribution in [0.2, 0.25) is 5.02 Å². The molecule has 2 N–H and O–H groups in total. The highest BCUT2D eigenvalue weighted by atomic mass is 35.5. The summed E-state index contributed by atoms with van der Waals surface area (Å²) in [7, 11) is 1.59. The molecule has 4 aromatic rings. The number of aryl methyl sites for hydroxylation is 1. The standard InChI is InChI=1S/C27H30ClFN8O2/c1-3-17-13-30-27(31-14-17)36-8-6-19(7-9-36)37-15-22(29)23-24(32-16-33-25(23)37)34-18-4-5-20(21(28)12-18)26(39)35(2)10-11-38/h4-5,12-16,19,38H,3,6-11H2,1-2H3,(H,32,33,34). The fourth-order valence-corrected chi connectivity index (χ4v) is 5.07. The summed E-state index contributed by atoms with van der Waals surface area (Å²) in [6.45, 7) is 3.64. The van der Waals surface area contributed by atoms with Crippen molar-refractivity contribution in [3.63, 3.8) is 0 Å². The van der Waals surface area contributed by atoms with Gasteiger partial charge in [0.2, 0.25) is 5.95 Å². The zero-order valence-corrected chi connectivity index (χ0v) is 22.6. The first-order valence-electron chi connectivity index (χ1n) is 12.9. The number of carbonyl (C=O) groups is 1. The van der Waals surface area contributed by atoms with Gasteiger partial charge in [-0.1, -0.05) is 18.5 Å². The first-order valence-corrected chi connectivity index (χ1v) is 13.3. The van der Waals surface area contributed by atoms with Gasteiger partial charge in [-0.05, 0) is 43.0 Å². The largest absolute Gasteiger partial charge is 0.395 e. The van der Waals surface area contributed by atoms with E-state index in [4.69, 9.17) is 16.7 Å². The zero-order chi connectivity index (χ0) is 27.5. The van der Waals surface area contributed by atoms with Crippen LogP contribution in [0.25, 0.3) is 11.0 Å². The number of rotatable bonds is 8. The average Bonchev–Trinajstić information content (AvgIpc) is 3.30. The first kappa shape index (κ1) is 26.8. The molecule has 1 aromatic carbocycles. The number of amides is 1. The number of likely N-dealkylation sites (N-methyl/N-ethyl adjacent to an activating group) is 1. The molecular formula is C27H30ClFN8O2. The minimum absolute atomic E-state index is 0.0709. The van der Waals surface area contributed by atoms with Crippen molar-refractivity contribution in [1.29, 1.82) is 0 Å². The van der Waals surface area contributed by atoms with Gasteiger partial charge in [0.1, 0.15) is 17.8 Å². The Kier molecular flexibility index (Phi) is 7.89. The van der Waals surface area contributed by atoms with Crippen molar-refractivity contribution >= 4 is 46.0 Å². The van der Waals surface area contributed by atoms with Gasteiger partial charge in [-0.25, -0.2) is 24.3 Å². The van der Waals surface area contributed by atoms with E-state index in [1.165, 1.54) is 17.4 Å². The van der Waals surface area contributed by atoms with E-state index in [1.54, 1.807) is 25.2 Å². The molecule has 5 rings (SSSR count). The van der Waals surface area contributed by atoms with Gasteiger partial charge in [0, 0.05) is 57.0 Å². The van der Waals surface area contributed by atoms with Crippen LogP contribution in [0.15, 0.2) is 43.1 Å². The Morgan fingerprint density at radius 2 is 1.95 bits per heavy atom. The van der Waals surface area contributed by atoms with Gasteiger partial charge in [0.15, 0.2) is 5.82 Å². The molecule has 0 radical (unpaired) electrons. The zero-order valence-electron chi connectivity index (χ0n) is 21.8. The van der Waals surface area contributed by atoms with Crippen LogP contribution in [-0.2, 0) is 6.42 Å². The normalized spacial score (nSPS) is 14.1. The highest BCUT2D eigenvalue weighted by Gasteiger charge is 2.26. The molecule has 39 heavy (non-hydrogen) atoms. The van der Waals surface area contributed by atoms with Gasteiger partial charge >= 0.3 is 0 Å². The van der Waals surface area contributed by atoms with Gasteiger partial charge in [-0.3, -0.25) is 4.79 Å². The number of piperidine rings is 1. The van der Waals surface area contributed by atoms with Crippen LogP contribution in [-0.4, -0.2) is 73.7 Å². The van der Waals surface area contributed by atoms with Crippen LogP contribution in [0.3, 0.4) is 0 Å². The Morgan fingerprint density at radius 1 is 1.21 bits per heavy atom. The van der Waals surface area contributed by atoms with Crippen LogP contribution in [0.5, 0.6) is 0 Å². The van der Waals surface area contributed by atoms with E-state index >= 15 is 4.39 Å². The molecule has 0 unspecified atom stereocenters. The number of halogens is 2. The van der Waals surface area contributed by atoms with Crippen LogP contribution in [0.4, 0.5) is 21.8 Å². The fourth-order valence-electron chi connectivity index (χ4n) is 4.81. The van der Waals surface area contributed by atoms with Gasteiger partial charge in [0.25, 0.3) is 5.91 Å². The molecule has 0 spiro atoms. The van der Waals surface area contributed by atoms with Crippen LogP contribution < -0.4 is 10.2 Å². The SMILES string of the molecule is CCc1cnc(N2CCC(n3cc(F)c4c(Nc5ccc(C(=O)N(C)CCO)c(Cl)c5)ncnc43)CC2)nc1. The molecule has 1 saturated heterocycles. The number of aliphatic hydroxyl groups excluding tert-OH is 1. The second-order valence-corrected chi connectivity index (χ2v) is 9.95. The van der Waals surface area contributed by atoms with Crippen LogP contribution in [0.1, 0.15) is 41.7 Å². The number of anilines is 3. The third-order valence-corrected chi connectivity index (χ3v) is 7.36. The maximum Gasteiger partial charge on any atom is 0.255 e. The number of nitrogens with zero attached hydrogens (tertiary/aromatic N) is 7. The molecule has 4 heterocycles. The molecule has 204 valence electrons. The molecule has 1 aliphatic heterocycles. The summed E-state index contributed by atoms with van der Waals surface area (Å²) < 4.78 is 17.2. The summed E-state index contributed by atoms with van der Waals surface area (Å²) in [6, 6.07) is 4.93. The molecule has 0 atom stereocenters. The van der Waals surface area contributed by atoms with Crippen molar-refractivity contribution in [1.82, 2.24) is 29.4 Å². The number of aromatic nitrogens is 5. The molecule has 0 bridgehead atoms. The predicted molar refractivity (Wildman–Crippen MR) is 148 cm³/mol. The summed E-state index contributed by atoms with van der Waals surface area (Å²) in [5, 5.41) is 12.7. The summed E-state index contributed by atoms with van der Waals surface area (Å²) in [5.74, 6) is 0.307. The monoisotopic (exact) mass is 552 g/mol. The van der Waals surface area contributed by atoms with Gasteiger partial charge in [0.05, 0.1) is 22.6 Å². The fraction of sp³-hybridized carbons (Fsp3) is 0.370. The molecule has 1 amide bonds. The second-order valence-electron chi connectivity index (χ2n) is 9.54. The van der Waals surface area contributed by atoms with E-state index in [-0.39, 0.29) is 35.5 Å². The van der Waals surface area contributed by atoms with Gasteiger partial charge in [-0.15, -0.1) is 0 Å². The molecule has 0 aliphatic carbocycles. The molecule has 1 aliphatic rings. The number of nitrogens with one attached hydrogen (secondary N) is 1. The molecule has 10 nitrogen and oxygen atoms in total. The Hall–Kier alpha value is -3.83. The van der Waals surface area contributed by atoms with Crippen molar-refractivity contribution in [2.45, 2.75) is 32.2 Å². The van der Waals surface area contributed by atoms with Crippen molar-refractivity contribution in [2.75, 3.05) is 43.5 Å². The lowest BCUT2D eigenvalue weighted by atomic mass is 10.1. The van der Waals surface area contributed by atoms with E-state index in [1.807, 2.05) is 17.0 Å². The van der Waals surface area contributed by atoms with Crippen molar-refractivity contribution in [3.8, 4) is 0 Å². The van der Waals surface area contributed by atoms with Gasteiger partial charge < -0.3 is 24.8 Å². The molecule has 1 fully saturated rings. The Labute approximate surface area is 230 Å². The topological polar surface area (TPSA) is 112 Å². The van der Waals surface area contributed by atoms with E-state index < -0.39 is 5.82 Å². The van der Waals surface area contributed by atoms with Crippen LogP contribution >= 0.6 is 11.6 Å². The van der Waals surface area contributed by atoms with Crippen molar-refractivity contribution in [2.24, 2.45) is 0 Å². The highest BCUT2D eigenvalue weighted by molar-refractivity contribution is 6.34. The molecular weight excluding hydrogens is 523 g/mol. The number of fused-ring (bicyclic) bond motifs is 1. The lowest BCUT2D eigenvalue weighted by molar-refractivity contribution is 0.0767. The molecule has 3 aromatic heterocycles. The number of carbonyl (C=O) groups excluding carboxylic acids is 1. The lowest BCUT2D eigenvalue weighted by Gasteiger charge is -2.32. The minimum Gasteiger partial charge on any atom is -0.395 e. The smallest absolute Gasteiger partial charge is 0.255 e. The number of hydrogen-bond donors (Lipinski definition) is 2. The quantitative estimate of drug-likeness (QED) is 0.334. The summed E-state index contributed by atoms with van der Waals surface area (Å²) in [5.41, 5.74) is 2.47. The molecule has 12 heteroatoms. The average molecular weight is 553 g/mol. The number of aliphatic hydroxyl groups is 1. The van der Waals surface area contributed by atoms with Crippen molar-refractivity contribution < 1.29 is 14.3 Å². The maximum atomic E-state index is 15.3. The molecule has 0 saturated carbocycles. The van der Waals surface area contributed by atoms with Gasteiger partial charge in [-0.2, -0.15) is 0 Å². The van der Waals surface area contributed by atoms with E-state index in [9.17, 15) is 4.79 Å². The maximum absolute atomic E-state index is 15.3. The summed E-state index contributed by atoms with van der Waals surface area (Å²) in [6.07, 6.45) is 9.11. The number of benzene rings is 1. The summed E-state index contributed by atoms with van der Waals surface area (Å²) in [4.78, 5) is 33.8. The Bertz CT molecular complexity index is 1470.